The van der Waals surface area contributed by atoms with Crippen molar-refractivity contribution in [2.45, 2.75) is 12.9 Å². The maximum atomic E-state index is 8.23. The van der Waals surface area contributed by atoms with Crippen molar-refractivity contribution >= 4 is 0 Å². The Morgan fingerprint density at radius 1 is 1.33 bits per heavy atom. The predicted octanol–water partition coefficient (Wildman–Crippen LogP) is -2.98. The highest BCUT2D eigenvalue weighted by molar-refractivity contribution is 4.35. The minimum absolute atomic E-state index is 0. The summed E-state index contributed by atoms with van der Waals surface area (Å²) < 4.78 is 0. The quantitative estimate of drug-likeness (QED) is 0.313. The molecule has 0 heterocycles. The van der Waals surface area contributed by atoms with Gasteiger partial charge in [-0.15, -0.1) is 0 Å². The largest absolute Gasteiger partial charge is 0.870 e. The lowest BCUT2D eigenvalue weighted by Gasteiger charge is -2.09. The van der Waals surface area contributed by atoms with Gasteiger partial charge in [0.05, 0.1) is 6.54 Å². The fourth-order valence-corrected chi connectivity index (χ4v) is 0.338. The highest BCUT2D eigenvalue weighted by Crippen LogP contribution is 1.82. The molecule has 5 heteroatoms. The molecule has 0 rings (SSSR count). The molecule has 0 aromatic carbocycles. The van der Waals surface area contributed by atoms with Crippen molar-refractivity contribution in [1.82, 2.24) is 0 Å². The molecule has 0 saturated heterocycles. The predicted molar refractivity (Wildman–Crippen MR) is 28.7 cm³/mol. The van der Waals surface area contributed by atoms with E-state index in [0.29, 0.717) is 0 Å². The second kappa shape index (κ2) is 4.66. The maximum absolute atomic E-state index is 8.23. The summed E-state index contributed by atoms with van der Waals surface area (Å²) in [6.07, 6.45) is 0. The van der Waals surface area contributed by atoms with E-state index in [0.717, 1.165) is 6.54 Å². The first kappa shape index (κ1) is 11.6. The van der Waals surface area contributed by atoms with Gasteiger partial charge in [0.25, 0.3) is 0 Å². The molecule has 0 aromatic rings. The number of nitrogens with two attached hydrogens (primary N) is 1. The molecule has 0 aromatic heterocycles. The van der Waals surface area contributed by atoms with Crippen LogP contribution in [0.3, 0.4) is 0 Å². The minimum Gasteiger partial charge on any atom is -0.870 e. The molecule has 0 unspecified atom stereocenters. The second-order valence-electron chi connectivity index (χ2n) is 1.68. The molecule has 6 N–H and O–H groups in total. The van der Waals surface area contributed by atoms with Gasteiger partial charge in [-0.1, -0.05) is 0 Å². The fraction of sp³-hybridized carbons (Fsp3) is 1.00. The number of quaternary nitrogens is 1. The van der Waals surface area contributed by atoms with Crippen LogP contribution < -0.4 is 5.32 Å². The van der Waals surface area contributed by atoms with Gasteiger partial charge in [-0.2, -0.15) is 0 Å². The van der Waals surface area contributed by atoms with Crippen LogP contribution in [-0.4, -0.2) is 39.9 Å². The van der Waals surface area contributed by atoms with Crippen LogP contribution in [0, 0.1) is 0 Å². The average molecular weight is 139 g/mol. The highest BCUT2D eigenvalue weighted by Gasteiger charge is 2.19. The van der Waals surface area contributed by atoms with Crippen LogP contribution in [0.4, 0.5) is 0 Å². The van der Waals surface area contributed by atoms with Crippen molar-refractivity contribution in [2.75, 3.05) is 13.1 Å². The van der Waals surface area contributed by atoms with E-state index >= 15 is 0 Å². The van der Waals surface area contributed by atoms with E-state index in [1.54, 1.807) is 5.32 Å². The molecular weight excluding hydrogens is 126 g/mol. The molecule has 9 heavy (non-hydrogen) atoms. The van der Waals surface area contributed by atoms with Gasteiger partial charge in [0.1, 0.15) is 0 Å². The molecule has 58 valence electrons. The van der Waals surface area contributed by atoms with Gasteiger partial charge in [-0.3, -0.25) is 0 Å². The fourth-order valence-electron chi connectivity index (χ4n) is 0.338. The van der Waals surface area contributed by atoms with E-state index in [9.17, 15) is 0 Å². The van der Waals surface area contributed by atoms with Crippen LogP contribution in [0.15, 0.2) is 0 Å². The van der Waals surface area contributed by atoms with Gasteiger partial charge in [0.15, 0.2) is 6.54 Å². The Balaban J connectivity index is 0. The van der Waals surface area contributed by atoms with Gasteiger partial charge in [-0.05, 0) is 6.92 Å². The minimum atomic E-state index is -2.50. The van der Waals surface area contributed by atoms with Crippen LogP contribution in [-0.2, 0) is 0 Å². The van der Waals surface area contributed by atoms with E-state index in [4.69, 9.17) is 15.3 Å². The molecule has 5 nitrogen and oxygen atoms in total. The molecule has 0 aliphatic heterocycles. The molecule has 0 atom stereocenters. The third-order valence-electron chi connectivity index (χ3n) is 0.707. The second-order valence-corrected chi connectivity index (χ2v) is 1.68. The summed E-state index contributed by atoms with van der Waals surface area (Å²) in [6.45, 7) is 2.48. The van der Waals surface area contributed by atoms with Crippen LogP contribution in [0.2, 0.25) is 0 Å². The summed E-state index contributed by atoms with van der Waals surface area (Å²) in [5, 5.41) is 26.3. The number of likely N-dealkylation sites (N-methyl/N-ethyl adjacent to an activating group) is 1. The topological polar surface area (TPSA) is 107 Å². The average Bonchev–Trinajstić information content (AvgIpc) is 1.59. The molecule has 0 amide bonds. The van der Waals surface area contributed by atoms with E-state index in [-0.39, 0.29) is 12.0 Å². The summed E-state index contributed by atoms with van der Waals surface area (Å²) in [6, 6.07) is 0. The van der Waals surface area contributed by atoms with Crippen molar-refractivity contribution in [1.29, 1.82) is 0 Å². The van der Waals surface area contributed by atoms with Crippen LogP contribution >= 0.6 is 0 Å². The summed E-state index contributed by atoms with van der Waals surface area (Å²) in [5.74, 6) is -2.50. The van der Waals surface area contributed by atoms with Gasteiger partial charge in [-0.25, -0.2) is 0 Å². The molecule has 0 aliphatic carbocycles. The first-order chi connectivity index (χ1) is 3.56. The van der Waals surface area contributed by atoms with Crippen LogP contribution in [0.25, 0.3) is 0 Å². The zero-order valence-corrected chi connectivity index (χ0v) is 5.28. The maximum Gasteiger partial charge on any atom is 0.327 e. The molecular formula is C4H13NO4. The lowest BCUT2D eigenvalue weighted by atomic mass is 10.5. The van der Waals surface area contributed by atoms with Crippen molar-refractivity contribution in [3.8, 4) is 0 Å². The monoisotopic (exact) mass is 139 g/mol. The van der Waals surface area contributed by atoms with E-state index in [2.05, 4.69) is 0 Å². The Hall–Kier alpha value is -0.200. The van der Waals surface area contributed by atoms with E-state index in [1.807, 2.05) is 6.92 Å². The standard InChI is InChI=1S/C4H11NO3.H2O/c1-2-5-3-4(6,7)8;/h5-8H,2-3H2,1H3;1H2. The Morgan fingerprint density at radius 2 is 1.78 bits per heavy atom. The Labute approximate surface area is 53.2 Å². The smallest absolute Gasteiger partial charge is 0.327 e. The molecule has 0 spiro atoms. The Kier molecular flexibility index (Phi) is 5.99. The highest BCUT2D eigenvalue weighted by atomic mass is 16.7. The molecule has 0 bridgehead atoms. The Bertz CT molecular complexity index is 60.1. The number of rotatable bonds is 3. The van der Waals surface area contributed by atoms with E-state index in [1.165, 1.54) is 0 Å². The first-order valence-corrected chi connectivity index (χ1v) is 2.55. The van der Waals surface area contributed by atoms with Crippen molar-refractivity contribution in [3.63, 3.8) is 0 Å². The first-order valence-electron chi connectivity index (χ1n) is 2.55. The summed E-state index contributed by atoms with van der Waals surface area (Å²) in [5.41, 5.74) is 0. The number of hydrogen-bond acceptors (Lipinski definition) is 4. The van der Waals surface area contributed by atoms with Gasteiger partial charge in [0.2, 0.25) is 0 Å². The molecule has 0 fully saturated rings. The Morgan fingerprint density at radius 3 is 1.89 bits per heavy atom. The summed E-state index contributed by atoms with van der Waals surface area (Å²) in [7, 11) is 0. The van der Waals surface area contributed by atoms with Gasteiger partial charge >= 0.3 is 5.97 Å². The normalized spacial score (nSPS) is 10.7. The molecule has 0 aliphatic rings. The molecule has 0 saturated carbocycles. The van der Waals surface area contributed by atoms with Crippen LogP contribution in [0.5, 0.6) is 0 Å². The summed E-state index contributed by atoms with van der Waals surface area (Å²) in [4.78, 5) is 0. The van der Waals surface area contributed by atoms with Gasteiger partial charge < -0.3 is 26.1 Å². The lowest BCUT2D eigenvalue weighted by molar-refractivity contribution is -0.685. The molecule has 0 radical (unpaired) electrons. The van der Waals surface area contributed by atoms with Gasteiger partial charge in [0, 0.05) is 0 Å². The zero-order chi connectivity index (χ0) is 6.62. The summed E-state index contributed by atoms with van der Waals surface area (Å²) >= 11 is 0. The van der Waals surface area contributed by atoms with Crippen molar-refractivity contribution in [3.05, 3.63) is 0 Å². The number of aliphatic hydroxyl groups is 3. The van der Waals surface area contributed by atoms with E-state index < -0.39 is 5.97 Å². The van der Waals surface area contributed by atoms with Crippen molar-refractivity contribution < 1.29 is 26.1 Å². The SMILES string of the molecule is CC[NH2+]CC(O)(O)O.[OH-]. The third kappa shape index (κ3) is 11.4. The van der Waals surface area contributed by atoms with Crippen molar-refractivity contribution in [2.24, 2.45) is 0 Å². The third-order valence-corrected chi connectivity index (χ3v) is 0.707. The zero-order valence-electron chi connectivity index (χ0n) is 5.28. The number of hydrogen-bond donors (Lipinski definition) is 4. The van der Waals surface area contributed by atoms with Crippen LogP contribution in [0.1, 0.15) is 6.92 Å². The lowest BCUT2D eigenvalue weighted by Crippen LogP contribution is -2.87.